The van der Waals surface area contributed by atoms with Gasteiger partial charge in [0.05, 0.1) is 11.8 Å². The Morgan fingerprint density at radius 3 is 3.00 bits per heavy atom. The van der Waals surface area contributed by atoms with Gasteiger partial charge in [-0.3, -0.25) is 4.79 Å². The Labute approximate surface area is 162 Å². The summed E-state index contributed by atoms with van der Waals surface area (Å²) in [4.78, 5) is 16.6. The third kappa shape index (κ3) is 3.65. The van der Waals surface area contributed by atoms with Crippen LogP contribution < -0.4 is 9.47 Å². The SMILES string of the molecule is Cc1csc([C@H](C#N)C(=O)CSc2nnc(-c3ccc4c(c3)OCO4)o2)n1. The molecule has 0 N–H and O–H groups in total. The van der Waals surface area contributed by atoms with Gasteiger partial charge in [-0.05, 0) is 25.1 Å². The highest BCUT2D eigenvalue weighted by molar-refractivity contribution is 7.99. The van der Waals surface area contributed by atoms with Crippen molar-refractivity contribution in [3.63, 3.8) is 0 Å². The van der Waals surface area contributed by atoms with Crippen LogP contribution in [0, 0.1) is 18.3 Å². The van der Waals surface area contributed by atoms with Gasteiger partial charge in [0.25, 0.3) is 5.22 Å². The van der Waals surface area contributed by atoms with E-state index in [0.717, 1.165) is 17.5 Å². The Balaban J connectivity index is 1.42. The molecule has 1 aliphatic rings. The minimum absolute atomic E-state index is 0.0413. The second-order valence-corrected chi connectivity index (χ2v) is 7.40. The molecule has 4 rings (SSSR count). The van der Waals surface area contributed by atoms with Crippen molar-refractivity contribution in [3.8, 4) is 29.0 Å². The van der Waals surface area contributed by atoms with Crippen LogP contribution in [0.4, 0.5) is 0 Å². The number of hydrogen-bond acceptors (Lipinski definition) is 10. The first-order valence-corrected chi connectivity index (χ1v) is 9.71. The van der Waals surface area contributed by atoms with E-state index in [1.165, 1.54) is 11.3 Å². The molecule has 10 heteroatoms. The van der Waals surface area contributed by atoms with Gasteiger partial charge in [0.15, 0.2) is 23.2 Å². The van der Waals surface area contributed by atoms with Crippen molar-refractivity contribution in [1.29, 1.82) is 5.26 Å². The predicted molar refractivity (Wildman–Crippen MR) is 96.8 cm³/mol. The smallest absolute Gasteiger partial charge is 0.277 e. The van der Waals surface area contributed by atoms with Crippen LogP contribution in [0.1, 0.15) is 16.6 Å². The van der Waals surface area contributed by atoms with E-state index in [2.05, 4.69) is 15.2 Å². The summed E-state index contributed by atoms with van der Waals surface area (Å²) in [6.45, 7) is 2.01. The van der Waals surface area contributed by atoms with Crippen LogP contribution >= 0.6 is 23.1 Å². The number of rotatable bonds is 6. The van der Waals surface area contributed by atoms with Gasteiger partial charge >= 0.3 is 0 Å². The molecule has 0 bridgehead atoms. The second kappa shape index (κ2) is 7.38. The van der Waals surface area contributed by atoms with Crippen molar-refractivity contribution in [1.82, 2.24) is 15.2 Å². The zero-order chi connectivity index (χ0) is 18.8. The Morgan fingerprint density at radius 2 is 2.22 bits per heavy atom. The summed E-state index contributed by atoms with van der Waals surface area (Å²) < 4.78 is 16.2. The van der Waals surface area contributed by atoms with E-state index in [4.69, 9.17) is 13.9 Å². The van der Waals surface area contributed by atoms with E-state index in [1.807, 2.05) is 18.4 Å². The molecule has 27 heavy (non-hydrogen) atoms. The highest BCUT2D eigenvalue weighted by Gasteiger charge is 2.24. The molecular weight excluding hydrogens is 388 g/mol. The molecule has 0 aliphatic carbocycles. The predicted octanol–water partition coefficient (Wildman–Crippen LogP) is 3.20. The van der Waals surface area contributed by atoms with E-state index in [0.29, 0.717) is 28.0 Å². The van der Waals surface area contributed by atoms with Crippen molar-refractivity contribution in [2.45, 2.75) is 18.1 Å². The summed E-state index contributed by atoms with van der Waals surface area (Å²) in [6, 6.07) is 7.33. The Hall–Kier alpha value is -2.90. The molecule has 0 amide bonds. The number of Topliss-reactive ketones (excluding diaryl/α,β-unsaturated/α-hetero) is 1. The third-order valence-electron chi connectivity index (χ3n) is 3.70. The van der Waals surface area contributed by atoms with Crippen LogP contribution in [0.5, 0.6) is 11.5 Å². The number of carbonyl (C=O) groups excluding carboxylic acids is 1. The number of ether oxygens (including phenoxy) is 2. The van der Waals surface area contributed by atoms with Gasteiger partial charge in [-0.15, -0.1) is 21.5 Å². The van der Waals surface area contributed by atoms with Crippen LogP contribution in [-0.4, -0.2) is 33.5 Å². The Kier molecular flexibility index (Phi) is 4.79. The largest absolute Gasteiger partial charge is 0.454 e. The summed E-state index contributed by atoms with van der Waals surface area (Å²) in [5.74, 6) is 0.506. The fourth-order valence-electron chi connectivity index (χ4n) is 2.40. The van der Waals surface area contributed by atoms with Crippen molar-refractivity contribution in [3.05, 3.63) is 34.3 Å². The molecule has 0 saturated carbocycles. The average molecular weight is 400 g/mol. The number of thiazole rings is 1. The number of nitriles is 1. The van der Waals surface area contributed by atoms with E-state index in [-0.39, 0.29) is 23.6 Å². The normalized spacial score (nSPS) is 13.3. The standard InChI is InChI=1S/C17H12N4O4S2/c1-9-6-26-16(19-9)11(5-18)12(22)7-27-17-21-20-15(25-17)10-2-3-13-14(4-10)24-8-23-13/h2-4,6,11H,7-8H2,1H3/t11-/m1/s1. The van der Waals surface area contributed by atoms with Crippen molar-refractivity contribution in [2.24, 2.45) is 0 Å². The molecule has 1 aliphatic heterocycles. The zero-order valence-corrected chi connectivity index (χ0v) is 15.7. The minimum Gasteiger partial charge on any atom is -0.454 e. The van der Waals surface area contributed by atoms with Gasteiger partial charge in [0, 0.05) is 16.6 Å². The average Bonchev–Trinajstić information content (AvgIpc) is 3.40. The molecular formula is C17H12N4O4S2. The van der Waals surface area contributed by atoms with Gasteiger partial charge in [-0.1, -0.05) is 11.8 Å². The molecule has 1 aromatic carbocycles. The quantitative estimate of drug-likeness (QED) is 0.576. The van der Waals surface area contributed by atoms with Gasteiger partial charge in [-0.2, -0.15) is 5.26 Å². The topological polar surface area (TPSA) is 111 Å². The van der Waals surface area contributed by atoms with Crippen molar-refractivity contribution >= 4 is 28.9 Å². The lowest BCUT2D eigenvalue weighted by Crippen LogP contribution is -2.13. The number of benzene rings is 1. The first kappa shape index (κ1) is 17.5. The van der Waals surface area contributed by atoms with E-state index < -0.39 is 5.92 Å². The molecule has 0 saturated heterocycles. The first-order chi connectivity index (χ1) is 13.1. The number of fused-ring (bicyclic) bond motifs is 1. The monoisotopic (exact) mass is 400 g/mol. The second-order valence-electron chi connectivity index (χ2n) is 5.59. The van der Waals surface area contributed by atoms with Gasteiger partial charge < -0.3 is 13.9 Å². The third-order valence-corrected chi connectivity index (χ3v) is 5.57. The Morgan fingerprint density at radius 1 is 1.37 bits per heavy atom. The highest BCUT2D eigenvalue weighted by Crippen LogP contribution is 2.36. The maximum Gasteiger partial charge on any atom is 0.277 e. The number of ketones is 1. The molecule has 0 radical (unpaired) electrons. The molecule has 1 atom stereocenters. The summed E-state index contributed by atoms with van der Waals surface area (Å²) in [7, 11) is 0. The number of aromatic nitrogens is 3. The van der Waals surface area contributed by atoms with E-state index in [9.17, 15) is 10.1 Å². The molecule has 3 heterocycles. The first-order valence-electron chi connectivity index (χ1n) is 7.84. The fraction of sp³-hybridized carbons (Fsp3) is 0.235. The van der Waals surface area contributed by atoms with Crippen LogP contribution in [0.25, 0.3) is 11.5 Å². The van der Waals surface area contributed by atoms with Gasteiger partial charge in [0.1, 0.15) is 5.01 Å². The molecule has 0 unspecified atom stereocenters. The molecule has 8 nitrogen and oxygen atoms in total. The lowest BCUT2D eigenvalue weighted by Gasteiger charge is -2.03. The Bertz CT molecular complexity index is 1040. The van der Waals surface area contributed by atoms with E-state index >= 15 is 0 Å². The van der Waals surface area contributed by atoms with Gasteiger partial charge in [0.2, 0.25) is 12.7 Å². The lowest BCUT2D eigenvalue weighted by molar-refractivity contribution is -0.116. The fourth-order valence-corrected chi connectivity index (χ4v) is 3.93. The zero-order valence-electron chi connectivity index (χ0n) is 14.0. The summed E-state index contributed by atoms with van der Waals surface area (Å²) in [6.07, 6.45) is 0. The summed E-state index contributed by atoms with van der Waals surface area (Å²) in [5.41, 5.74) is 1.49. The van der Waals surface area contributed by atoms with Crippen molar-refractivity contribution < 1.29 is 18.7 Å². The number of hydrogen-bond donors (Lipinski definition) is 0. The molecule has 0 spiro atoms. The molecule has 3 aromatic rings. The number of thioether (sulfide) groups is 1. The van der Waals surface area contributed by atoms with Crippen LogP contribution in [0.15, 0.2) is 33.2 Å². The summed E-state index contributed by atoms with van der Waals surface area (Å²) >= 11 is 2.40. The number of aryl methyl sites for hydroxylation is 1. The van der Waals surface area contributed by atoms with Crippen LogP contribution in [-0.2, 0) is 4.79 Å². The van der Waals surface area contributed by atoms with Crippen molar-refractivity contribution in [2.75, 3.05) is 12.5 Å². The molecule has 0 fully saturated rings. The number of nitrogens with zero attached hydrogens (tertiary/aromatic N) is 4. The summed E-state index contributed by atoms with van der Waals surface area (Å²) in [5, 5.41) is 19.8. The van der Waals surface area contributed by atoms with Gasteiger partial charge in [-0.25, -0.2) is 4.98 Å². The van der Waals surface area contributed by atoms with Crippen LogP contribution in [0.3, 0.4) is 0 Å². The highest BCUT2D eigenvalue weighted by atomic mass is 32.2. The molecule has 136 valence electrons. The van der Waals surface area contributed by atoms with E-state index in [1.54, 1.807) is 18.2 Å². The number of carbonyl (C=O) groups is 1. The molecule has 2 aromatic heterocycles. The minimum atomic E-state index is -0.882. The lowest BCUT2D eigenvalue weighted by atomic mass is 10.1. The van der Waals surface area contributed by atoms with Crippen LogP contribution in [0.2, 0.25) is 0 Å². The maximum absolute atomic E-state index is 12.4. The maximum atomic E-state index is 12.4.